The van der Waals surface area contributed by atoms with E-state index in [4.69, 9.17) is 5.73 Å². The number of rotatable bonds is 4. The summed E-state index contributed by atoms with van der Waals surface area (Å²) in [6.45, 7) is 5.04. The quantitative estimate of drug-likeness (QED) is 0.799. The Bertz CT molecular complexity index is 515. The maximum atomic E-state index is 5.80. The number of hydrogen-bond donors (Lipinski definition) is 2. The smallest absolute Gasteiger partial charge is 0.0400 e. The summed E-state index contributed by atoms with van der Waals surface area (Å²) in [6, 6.07) is 14.8. The predicted octanol–water partition coefficient (Wildman–Crippen LogP) is 3.75. The summed E-state index contributed by atoms with van der Waals surface area (Å²) < 4.78 is 0. The fraction of sp³-hybridized carbons (Fsp3) is 0.250. The summed E-state index contributed by atoms with van der Waals surface area (Å²) in [4.78, 5) is 0. The summed E-state index contributed by atoms with van der Waals surface area (Å²) in [5.41, 5.74) is 11.5. The van der Waals surface area contributed by atoms with Crippen LogP contribution < -0.4 is 11.1 Å². The number of hydrogen-bond acceptors (Lipinski definition) is 2. The Kier molecular flexibility index (Phi) is 3.88. The first kappa shape index (κ1) is 12.5. The summed E-state index contributed by atoms with van der Waals surface area (Å²) >= 11 is 0. The van der Waals surface area contributed by atoms with Gasteiger partial charge in [-0.1, -0.05) is 31.2 Å². The lowest BCUT2D eigenvalue weighted by molar-refractivity contribution is 1.10. The van der Waals surface area contributed by atoms with Crippen LogP contribution in [0.3, 0.4) is 0 Å². The molecule has 0 unspecified atom stereocenters. The van der Waals surface area contributed by atoms with Crippen LogP contribution in [0.4, 0.5) is 11.4 Å². The first-order chi connectivity index (χ1) is 8.69. The van der Waals surface area contributed by atoms with Gasteiger partial charge in [0.25, 0.3) is 0 Å². The number of nitrogens with one attached hydrogen (secondary N) is 1. The maximum Gasteiger partial charge on any atom is 0.0400 e. The highest BCUT2D eigenvalue weighted by molar-refractivity contribution is 5.56. The lowest BCUT2D eigenvalue weighted by atomic mass is 10.1. The molecule has 0 amide bonds. The van der Waals surface area contributed by atoms with Gasteiger partial charge in [0.15, 0.2) is 0 Å². The van der Waals surface area contributed by atoms with Crippen molar-refractivity contribution >= 4 is 11.4 Å². The minimum Gasteiger partial charge on any atom is -0.399 e. The van der Waals surface area contributed by atoms with Crippen LogP contribution in [0.1, 0.15) is 23.6 Å². The van der Waals surface area contributed by atoms with Gasteiger partial charge in [-0.25, -0.2) is 0 Å². The lowest BCUT2D eigenvalue weighted by Gasteiger charge is -2.09. The second kappa shape index (κ2) is 5.58. The topological polar surface area (TPSA) is 38.0 Å². The number of anilines is 2. The number of nitrogen functional groups attached to an aromatic ring is 1. The molecule has 0 spiro atoms. The Morgan fingerprint density at radius 3 is 2.28 bits per heavy atom. The molecule has 0 aliphatic carbocycles. The summed E-state index contributed by atoms with van der Waals surface area (Å²) in [5.74, 6) is 0. The predicted molar refractivity (Wildman–Crippen MR) is 78.7 cm³/mol. The van der Waals surface area contributed by atoms with Gasteiger partial charge < -0.3 is 11.1 Å². The van der Waals surface area contributed by atoms with E-state index in [2.05, 4.69) is 42.6 Å². The fourth-order valence-electron chi connectivity index (χ4n) is 1.88. The van der Waals surface area contributed by atoms with Crippen molar-refractivity contribution in [1.82, 2.24) is 0 Å². The van der Waals surface area contributed by atoms with Crippen LogP contribution in [0.25, 0.3) is 0 Å². The Morgan fingerprint density at radius 1 is 1.00 bits per heavy atom. The van der Waals surface area contributed by atoms with Crippen molar-refractivity contribution in [2.24, 2.45) is 0 Å². The van der Waals surface area contributed by atoms with E-state index in [1.54, 1.807) is 0 Å². The van der Waals surface area contributed by atoms with Crippen LogP contribution in [-0.4, -0.2) is 0 Å². The Balaban J connectivity index is 1.99. The molecule has 2 heteroatoms. The van der Waals surface area contributed by atoms with Crippen molar-refractivity contribution in [3.05, 3.63) is 59.2 Å². The highest BCUT2D eigenvalue weighted by Gasteiger charge is 1.97. The van der Waals surface area contributed by atoms with Gasteiger partial charge in [0.05, 0.1) is 0 Å². The third-order valence-corrected chi connectivity index (χ3v) is 3.20. The first-order valence-electron chi connectivity index (χ1n) is 6.37. The molecule has 2 aromatic carbocycles. The molecule has 2 rings (SSSR count). The van der Waals surface area contributed by atoms with Gasteiger partial charge in [-0.3, -0.25) is 0 Å². The zero-order valence-corrected chi connectivity index (χ0v) is 11.0. The fourth-order valence-corrected chi connectivity index (χ4v) is 1.88. The van der Waals surface area contributed by atoms with Gasteiger partial charge >= 0.3 is 0 Å². The SMILES string of the molecule is CCc1ccc(CNc2ccc(N)c(C)c2)cc1. The molecule has 2 nitrogen and oxygen atoms in total. The van der Waals surface area contributed by atoms with Gasteiger partial charge in [-0.05, 0) is 48.2 Å². The van der Waals surface area contributed by atoms with Gasteiger partial charge in [0.1, 0.15) is 0 Å². The van der Waals surface area contributed by atoms with Crippen molar-refractivity contribution in [3.63, 3.8) is 0 Å². The molecule has 0 aromatic heterocycles. The van der Waals surface area contributed by atoms with Crippen LogP contribution in [0.15, 0.2) is 42.5 Å². The van der Waals surface area contributed by atoms with Crippen molar-refractivity contribution < 1.29 is 0 Å². The van der Waals surface area contributed by atoms with E-state index >= 15 is 0 Å². The minimum atomic E-state index is 0.841. The van der Waals surface area contributed by atoms with Gasteiger partial charge in [-0.2, -0.15) is 0 Å². The number of nitrogens with two attached hydrogens (primary N) is 1. The Hall–Kier alpha value is -1.96. The molecule has 3 N–H and O–H groups in total. The molecule has 0 saturated carbocycles. The molecule has 0 bridgehead atoms. The molecular weight excluding hydrogens is 220 g/mol. The molecule has 0 aliphatic heterocycles. The van der Waals surface area contributed by atoms with Crippen molar-refractivity contribution in [1.29, 1.82) is 0 Å². The third-order valence-electron chi connectivity index (χ3n) is 3.20. The first-order valence-corrected chi connectivity index (χ1v) is 6.37. The molecule has 0 atom stereocenters. The second-order valence-electron chi connectivity index (χ2n) is 4.59. The summed E-state index contributed by atoms with van der Waals surface area (Å²) in [5, 5.41) is 3.41. The van der Waals surface area contributed by atoms with Crippen LogP contribution >= 0.6 is 0 Å². The Morgan fingerprint density at radius 2 is 1.67 bits per heavy atom. The summed E-state index contributed by atoms with van der Waals surface area (Å²) in [7, 11) is 0. The van der Waals surface area contributed by atoms with Crippen molar-refractivity contribution in [2.75, 3.05) is 11.1 Å². The van der Waals surface area contributed by atoms with Gasteiger partial charge in [0, 0.05) is 17.9 Å². The highest BCUT2D eigenvalue weighted by atomic mass is 14.9. The average molecular weight is 240 g/mol. The van der Waals surface area contributed by atoms with Crippen LogP contribution in [0.5, 0.6) is 0 Å². The standard InChI is InChI=1S/C16H20N2/c1-3-13-4-6-14(7-5-13)11-18-15-8-9-16(17)12(2)10-15/h4-10,18H,3,11,17H2,1-2H3. The minimum absolute atomic E-state index is 0.841. The van der Waals surface area contributed by atoms with Crippen LogP contribution in [-0.2, 0) is 13.0 Å². The van der Waals surface area contributed by atoms with Crippen LogP contribution in [0, 0.1) is 6.92 Å². The average Bonchev–Trinajstić information content (AvgIpc) is 2.41. The largest absolute Gasteiger partial charge is 0.399 e. The van der Waals surface area contributed by atoms with Gasteiger partial charge in [0.2, 0.25) is 0 Å². The van der Waals surface area contributed by atoms with Crippen molar-refractivity contribution in [3.8, 4) is 0 Å². The molecule has 18 heavy (non-hydrogen) atoms. The molecule has 0 fully saturated rings. The normalized spacial score (nSPS) is 10.3. The maximum absolute atomic E-state index is 5.80. The Labute approximate surface area is 109 Å². The van der Waals surface area contributed by atoms with Crippen molar-refractivity contribution in [2.45, 2.75) is 26.8 Å². The van der Waals surface area contributed by atoms with E-state index in [1.165, 1.54) is 11.1 Å². The van der Waals surface area contributed by atoms with E-state index < -0.39 is 0 Å². The lowest BCUT2D eigenvalue weighted by Crippen LogP contribution is -2.00. The molecule has 0 aliphatic rings. The molecule has 0 heterocycles. The molecule has 2 aromatic rings. The number of aryl methyl sites for hydroxylation is 2. The van der Waals surface area contributed by atoms with E-state index in [-0.39, 0.29) is 0 Å². The molecular formula is C16H20N2. The number of benzene rings is 2. The van der Waals surface area contributed by atoms with E-state index in [9.17, 15) is 0 Å². The van der Waals surface area contributed by atoms with E-state index in [1.807, 2.05) is 19.1 Å². The molecule has 94 valence electrons. The summed E-state index contributed by atoms with van der Waals surface area (Å²) in [6.07, 6.45) is 1.09. The van der Waals surface area contributed by atoms with Crippen LogP contribution in [0.2, 0.25) is 0 Å². The highest BCUT2D eigenvalue weighted by Crippen LogP contribution is 2.17. The zero-order chi connectivity index (χ0) is 13.0. The molecule has 0 radical (unpaired) electrons. The second-order valence-corrected chi connectivity index (χ2v) is 4.59. The monoisotopic (exact) mass is 240 g/mol. The van der Waals surface area contributed by atoms with Gasteiger partial charge in [-0.15, -0.1) is 0 Å². The zero-order valence-electron chi connectivity index (χ0n) is 11.0. The van der Waals surface area contributed by atoms with E-state index in [0.717, 1.165) is 29.9 Å². The third kappa shape index (κ3) is 3.04. The molecule has 0 saturated heterocycles. The van der Waals surface area contributed by atoms with E-state index in [0.29, 0.717) is 0 Å².